The van der Waals surface area contributed by atoms with Crippen LogP contribution in [0.4, 0.5) is 0 Å². The molecule has 24 heavy (non-hydrogen) atoms. The van der Waals surface area contributed by atoms with E-state index in [2.05, 4.69) is 4.90 Å². The number of piperazine rings is 1. The average molecular weight is 359 g/mol. The van der Waals surface area contributed by atoms with E-state index in [1.54, 1.807) is 4.31 Å². The Hall–Kier alpha value is -0.730. The summed E-state index contributed by atoms with van der Waals surface area (Å²) in [6.45, 7) is 2.81. The van der Waals surface area contributed by atoms with Crippen molar-refractivity contribution in [2.75, 3.05) is 26.2 Å². The van der Waals surface area contributed by atoms with Crippen LogP contribution >= 0.6 is 0 Å². The summed E-state index contributed by atoms with van der Waals surface area (Å²) in [6.07, 6.45) is 8.05. The minimum Gasteiger partial charge on any atom is -0.298 e. The van der Waals surface area contributed by atoms with Crippen molar-refractivity contribution >= 4 is 10.0 Å². The van der Waals surface area contributed by atoms with Gasteiger partial charge in [0.15, 0.2) is 0 Å². The molecule has 0 N–H and O–H groups in total. The second-order valence-electron chi connectivity index (χ2n) is 7.49. The minimum atomic E-state index is -3.30. The lowest BCUT2D eigenvalue weighted by atomic mass is 9.94. The molecule has 1 heterocycles. The SMILES string of the molecule is O=[N+]([O-])C1CCC(S(=O)(=O)N2CCN(C3CCCCC3)CC2)CC1. The minimum absolute atomic E-state index is 0.258. The van der Waals surface area contributed by atoms with Crippen molar-refractivity contribution in [3.8, 4) is 0 Å². The summed E-state index contributed by atoms with van der Waals surface area (Å²) in [5.74, 6) is 0. The molecule has 1 aliphatic heterocycles. The molecule has 3 aliphatic rings. The molecule has 0 bridgehead atoms. The fourth-order valence-corrected chi connectivity index (χ4v) is 6.50. The summed E-state index contributed by atoms with van der Waals surface area (Å²) in [5.41, 5.74) is 0. The number of rotatable bonds is 4. The zero-order valence-electron chi connectivity index (χ0n) is 14.3. The van der Waals surface area contributed by atoms with Crippen LogP contribution in [0.5, 0.6) is 0 Å². The average Bonchev–Trinajstić information content (AvgIpc) is 2.62. The maximum atomic E-state index is 12.8. The van der Waals surface area contributed by atoms with Crippen LogP contribution < -0.4 is 0 Å². The van der Waals surface area contributed by atoms with E-state index in [0.717, 1.165) is 13.1 Å². The Labute approximate surface area is 144 Å². The molecule has 2 saturated carbocycles. The Balaban J connectivity index is 1.52. The first kappa shape index (κ1) is 18.1. The Morgan fingerprint density at radius 3 is 1.96 bits per heavy atom. The van der Waals surface area contributed by atoms with E-state index < -0.39 is 21.3 Å². The third-order valence-electron chi connectivity index (χ3n) is 6.09. The standard InChI is InChI=1S/C16H29N3O4S/c20-19(21)15-6-8-16(9-7-15)24(22,23)18-12-10-17(11-13-18)14-4-2-1-3-5-14/h14-16H,1-13H2. The van der Waals surface area contributed by atoms with Crippen molar-refractivity contribution in [3.05, 3.63) is 10.1 Å². The van der Waals surface area contributed by atoms with E-state index in [4.69, 9.17) is 0 Å². The van der Waals surface area contributed by atoms with Gasteiger partial charge >= 0.3 is 0 Å². The normalized spacial score (nSPS) is 31.8. The molecule has 0 radical (unpaired) electrons. The van der Waals surface area contributed by atoms with Crippen LogP contribution in [0.25, 0.3) is 0 Å². The van der Waals surface area contributed by atoms with E-state index in [1.165, 1.54) is 32.1 Å². The van der Waals surface area contributed by atoms with Crippen LogP contribution in [0.1, 0.15) is 57.8 Å². The molecule has 8 heteroatoms. The molecule has 3 rings (SSSR count). The van der Waals surface area contributed by atoms with Crippen LogP contribution in [-0.4, -0.2) is 66.1 Å². The summed E-state index contributed by atoms with van der Waals surface area (Å²) in [6, 6.07) is 0.0822. The first-order chi connectivity index (χ1) is 11.5. The van der Waals surface area contributed by atoms with Crippen LogP contribution in [-0.2, 0) is 10.0 Å². The predicted octanol–water partition coefficient (Wildman–Crippen LogP) is 1.85. The Kier molecular flexibility index (Phi) is 5.77. The van der Waals surface area contributed by atoms with Crippen molar-refractivity contribution in [1.82, 2.24) is 9.21 Å². The molecule has 138 valence electrons. The topological polar surface area (TPSA) is 83.8 Å². The van der Waals surface area contributed by atoms with Gasteiger partial charge in [0.05, 0.1) is 5.25 Å². The molecule has 2 aliphatic carbocycles. The maximum absolute atomic E-state index is 12.8. The number of hydrogen-bond donors (Lipinski definition) is 0. The Morgan fingerprint density at radius 2 is 1.42 bits per heavy atom. The molecule has 0 aromatic rings. The molecule has 0 amide bonds. The van der Waals surface area contributed by atoms with Crippen molar-refractivity contribution in [2.45, 2.75) is 75.1 Å². The monoisotopic (exact) mass is 359 g/mol. The van der Waals surface area contributed by atoms with Gasteiger partial charge in [-0.05, 0) is 25.7 Å². The van der Waals surface area contributed by atoms with Gasteiger partial charge in [0.25, 0.3) is 0 Å². The molecule has 0 unspecified atom stereocenters. The van der Waals surface area contributed by atoms with Gasteiger partial charge < -0.3 is 0 Å². The van der Waals surface area contributed by atoms with Crippen LogP contribution in [0.2, 0.25) is 0 Å². The highest BCUT2D eigenvalue weighted by Crippen LogP contribution is 2.29. The van der Waals surface area contributed by atoms with Gasteiger partial charge in [0.2, 0.25) is 16.1 Å². The van der Waals surface area contributed by atoms with Crippen LogP contribution in [0.15, 0.2) is 0 Å². The largest absolute Gasteiger partial charge is 0.298 e. The van der Waals surface area contributed by atoms with Crippen molar-refractivity contribution < 1.29 is 13.3 Å². The molecule has 7 nitrogen and oxygen atoms in total. The third kappa shape index (κ3) is 3.91. The summed E-state index contributed by atoms with van der Waals surface area (Å²) < 4.78 is 27.3. The van der Waals surface area contributed by atoms with Gasteiger partial charge in [-0.1, -0.05) is 19.3 Å². The second-order valence-corrected chi connectivity index (χ2v) is 9.70. The van der Waals surface area contributed by atoms with Gasteiger partial charge in [-0.3, -0.25) is 15.0 Å². The summed E-state index contributed by atoms with van der Waals surface area (Å²) in [7, 11) is -3.30. The van der Waals surface area contributed by atoms with Gasteiger partial charge in [-0.15, -0.1) is 0 Å². The molecule has 0 spiro atoms. The first-order valence-electron chi connectivity index (χ1n) is 9.35. The summed E-state index contributed by atoms with van der Waals surface area (Å²) in [4.78, 5) is 13.0. The number of hydrogen-bond acceptors (Lipinski definition) is 5. The van der Waals surface area contributed by atoms with Crippen molar-refractivity contribution in [1.29, 1.82) is 0 Å². The van der Waals surface area contributed by atoms with Crippen LogP contribution in [0, 0.1) is 10.1 Å². The highest BCUT2D eigenvalue weighted by atomic mass is 32.2. The van der Waals surface area contributed by atoms with Crippen LogP contribution in [0.3, 0.4) is 0 Å². The smallest absolute Gasteiger partial charge is 0.217 e. The lowest BCUT2D eigenvalue weighted by Gasteiger charge is -2.41. The molecule has 3 fully saturated rings. The summed E-state index contributed by atoms with van der Waals surface area (Å²) >= 11 is 0. The number of nitrogens with zero attached hydrogens (tertiary/aromatic N) is 3. The van der Waals surface area contributed by atoms with E-state index in [1.807, 2.05) is 0 Å². The third-order valence-corrected chi connectivity index (χ3v) is 8.49. The lowest BCUT2D eigenvalue weighted by Crippen LogP contribution is -2.54. The fraction of sp³-hybridized carbons (Fsp3) is 1.00. The zero-order chi connectivity index (χ0) is 17.2. The van der Waals surface area contributed by atoms with Gasteiger partial charge in [-0.2, -0.15) is 4.31 Å². The molecular weight excluding hydrogens is 330 g/mol. The fourth-order valence-electron chi connectivity index (χ4n) is 4.53. The molecule has 1 saturated heterocycles. The zero-order valence-corrected chi connectivity index (χ0v) is 15.1. The van der Waals surface area contributed by atoms with Crippen molar-refractivity contribution in [2.24, 2.45) is 0 Å². The second kappa shape index (κ2) is 7.66. The van der Waals surface area contributed by atoms with Crippen molar-refractivity contribution in [3.63, 3.8) is 0 Å². The molecule has 0 aromatic heterocycles. The molecule has 0 aromatic carbocycles. The van der Waals surface area contributed by atoms with Gasteiger partial charge in [0, 0.05) is 50.0 Å². The van der Waals surface area contributed by atoms with E-state index in [-0.39, 0.29) is 4.92 Å². The Bertz CT molecular complexity index is 532. The lowest BCUT2D eigenvalue weighted by molar-refractivity contribution is -0.526. The highest BCUT2D eigenvalue weighted by molar-refractivity contribution is 7.89. The highest BCUT2D eigenvalue weighted by Gasteiger charge is 2.39. The van der Waals surface area contributed by atoms with Gasteiger partial charge in [-0.25, -0.2) is 8.42 Å². The van der Waals surface area contributed by atoms with E-state index in [0.29, 0.717) is 44.8 Å². The van der Waals surface area contributed by atoms with Gasteiger partial charge in [0.1, 0.15) is 0 Å². The quantitative estimate of drug-likeness (QED) is 0.565. The molecule has 0 atom stereocenters. The Morgan fingerprint density at radius 1 is 0.833 bits per heavy atom. The molecular formula is C16H29N3O4S. The maximum Gasteiger partial charge on any atom is 0.217 e. The summed E-state index contributed by atoms with van der Waals surface area (Å²) in [5, 5.41) is 10.4. The van der Waals surface area contributed by atoms with E-state index >= 15 is 0 Å². The first-order valence-corrected chi connectivity index (χ1v) is 10.9. The predicted molar refractivity (Wildman–Crippen MR) is 92.0 cm³/mol. The van der Waals surface area contributed by atoms with E-state index in [9.17, 15) is 18.5 Å². The number of nitro groups is 1. The number of sulfonamides is 1.